The highest BCUT2D eigenvalue weighted by molar-refractivity contribution is 5.39. The summed E-state index contributed by atoms with van der Waals surface area (Å²) in [5.74, 6) is 1.50. The molecule has 0 saturated heterocycles. The molecule has 1 aliphatic rings. The number of benzene rings is 1. The van der Waals surface area contributed by atoms with Gasteiger partial charge in [-0.25, -0.2) is 0 Å². The van der Waals surface area contributed by atoms with Crippen molar-refractivity contribution >= 4 is 0 Å². The minimum Gasteiger partial charge on any atom is -0.493 e. The van der Waals surface area contributed by atoms with Gasteiger partial charge in [-0.15, -0.1) is 0 Å². The van der Waals surface area contributed by atoms with E-state index in [4.69, 9.17) is 4.74 Å². The average molecular weight is 240 g/mol. The highest BCUT2D eigenvalue weighted by Gasteiger charge is 2.22. The fraction of sp³-hybridized carbons (Fsp3) is 0.267. The Kier molecular flexibility index (Phi) is 3.24. The van der Waals surface area contributed by atoms with Gasteiger partial charge in [0.1, 0.15) is 5.75 Å². The van der Waals surface area contributed by atoms with E-state index < -0.39 is 0 Å². The molecule has 0 aliphatic carbocycles. The van der Waals surface area contributed by atoms with Gasteiger partial charge in [0.25, 0.3) is 0 Å². The molecule has 1 aromatic carbocycles. The zero-order chi connectivity index (χ0) is 12.2. The van der Waals surface area contributed by atoms with Crippen LogP contribution < -0.4 is 10.1 Å². The smallest absolute Gasteiger partial charge is 0.122 e. The van der Waals surface area contributed by atoms with Gasteiger partial charge >= 0.3 is 0 Å². The zero-order valence-corrected chi connectivity index (χ0v) is 10.2. The van der Waals surface area contributed by atoms with Gasteiger partial charge in [0, 0.05) is 37.0 Å². The molecule has 1 aliphatic heterocycles. The SMILES string of the molecule is c1ccc2c(c1)OCC2CNCc1ccncc1. The van der Waals surface area contributed by atoms with Crippen molar-refractivity contribution in [3.63, 3.8) is 0 Å². The summed E-state index contributed by atoms with van der Waals surface area (Å²) in [6.07, 6.45) is 3.65. The summed E-state index contributed by atoms with van der Waals surface area (Å²) >= 11 is 0. The second-order valence-electron chi connectivity index (χ2n) is 4.53. The highest BCUT2D eigenvalue weighted by atomic mass is 16.5. The number of nitrogens with zero attached hydrogens (tertiary/aromatic N) is 1. The monoisotopic (exact) mass is 240 g/mol. The molecule has 1 atom stereocenters. The molecule has 0 radical (unpaired) electrons. The van der Waals surface area contributed by atoms with Crippen LogP contribution in [0.4, 0.5) is 0 Å². The van der Waals surface area contributed by atoms with Gasteiger partial charge in [-0.1, -0.05) is 18.2 Å². The Balaban J connectivity index is 1.56. The van der Waals surface area contributed by atoms with E-state index in [0.29, 0.717) is 5.92 Å². The highest BCUT2D eigenvalue weighted by Crippen LogP contribution is 2.32. The summed E-state index contributed by atoms with van der Waals surface area (Å²) in [6, 6.07) is 12.4. The van der Waals surface area contributed by atoms with Crippen LogP contribution in [0.3, 0.4) is 0 Å². The third kappa shape index (κ3) is 2.36. The lowest BCUT2D eigenvalue weighted by Gasteiger charge is -2.10. The largest absolute Gasteiger partial charge is 0.493 e. The lowest BCUT2D eigenvalue weighted by atomic mass is 10.0. The quantitative estimate of drug-likeness (QED) is 0.890. The topological polar surface area (TPSA) is 34.1 Å². The molecule has 3 heteroatoms. The van der Waals surface area contributed by atoms with E-state index in [-0.39, 0.29) is 0 Å². The Hall–Kier alpha value is -1.87. The summed E-state index contributed by atoms with van der Waals surface area (Å²) < 4.78 is 5.66. The molecular weight excluding hydrogens is 224 g/mol. The molecule has 18 heavy (non-hydrogen) atoms. The normalized spacial score (nSPS) is 17.2. The van der Waals surface area contributed by atoms with E-state index in [1.807, 2.05) is 36.7 Å². The molecule has 1 aromatic heterocycles. The first-order valence-corrected chi connectivity index (χ1v) is 6.25. The van der Waals surface area contributed by atoms with Crippen LogP contribution in [0.2, 0.25) is 0 Å². The number of ether oxygens (including phenoxy) is 1. The summed E-state index contributed by atoms with van der Waals surface area (Å²) in [5.41, 5.74) is 2.58. The molecule has 1 N–H and O–H groups in total. The van der Waals surface area contributed by atoms with Crippen molar-refractivity contribution in [1.29, 1.82) is 0 Å². The van der Waals surface area contributed by atoms with Crippen molar-refractivity contribution < 1.29 is 4.74 Å². The molecule has 2 aromatic rings. The minimum absolute atomic E-state index is 0.461. The van der Waals surface area contributed by atoms with Gasteiger partial charge < -0.3 is 10.1 Å². The lowest BCUT2D eigenvalue weighted by Crippen LogP contribution is -2.22. The molecular formula is C15H16N2O. The lowest BCUT2D eigenvalue weighted by molar-refractivity contribution is 0.326. The summed E-state index contributed by atoms with van der Waals surface area (Å²) in [5, 5.41) is 3.48. The standard InChI is InChI=1S/C15H16N2O/c1-2-4-15-14(3-1)13(11-18-15)10-17-9-12-5-7-16-8-6-12/h1-8,13,17H,9-11H2. The van der Waals surface area contributed by atoms with Crippen molar-refractivity contribution in [1.82, 2.24) is 10.3 Å². The van der Waals surface area contributed by atoms with Crippen molar-refractivity contribution in [2.24, 2.45) is 0 Å². The van der Waals surface area contributed by atoms with Crippen LogP contribution in [0, 0.1) is 0 Å². The van der Waals surface area contributed by atoms with Crippen LogP contribution >= 0.6 is 0 Å². The first kappa shape index (κ1) is 11.2. The molecule has 92 valence electrons. The Morgan fingerprint density at radius 2 is 2.00 bits per heavy atom. The van der Waals surface area contributed by atoms with Crippen molar-refractivity contribution in [3.8, 4) is 5.75 Å². The molecule has 1 unspecified atom stereocenters. The fourth-order valence-corrected chi connectivity index (χ4v) is 2.29. The van der Waals surface area contributed by atoms with E-state index in [9.17, 15) is 0 Å². The van der Waals surface area contributed by atoms with Gasteiger partial charge in [0.15, 0.2) is 0 Å². The van der Waals surface area contributed by atoms with Crippen LogP contribution in [0.15, 0.2) is 48.8 Å². The number of rotatable bonds is 4. The van der Waals surface area contributed by atoms with Crippen molar-refractivity contribution in [2.75, 3.05) is 13.2 Å². The minimum atomic E-state index is 0.461. The predicted molar refractivity (Wildman–Crippen MR) is 70.6 cm³/mol. The van der Waals surface area contributed by atoms with Crippen LogP contribution in [-0.4, -0.2) is 18.1 Å². The first-order valence-electron chi connectivity index (χ1n) is 6.25. The number of hydrogen-bond donors (Lipinski definition) is 1. The molecule has 0 saturated carbocycles. The fourth-order valence-electron chi connectivity index (χ4n) is 2.29. The Labute approximate surface area is 107 Å². The third-order valence-corrected chi connectivity index (χ3v) is 3.27. The number of pyridine rings is 1. The van der Waals surface area contributed by atoms with Crippen LogP contribution in [0.1, 0.15) is 17.0 Å². The van der Waals surface area contributed by atoms with Gasteiger partial charge in [0.05, 0.1) is 6.61 Å². The number of aromatic nitrogens is 1. The maximum Gasteiger partial charge on any atom is 0.122 e. The van der Waals surface area contributed by atoms with E-state index >= 15 is 0 Å². The Morgan fingerprint density at radius 3 is 2.89 bits per heavy atom. The molecule has 0 bridgehead atoms. The average Bonchev–Trinajstić information content (AvgIpc) is 2.84. The number of para-hydroxylation sites is 1. The van der Waals surface area contributed by atoms with Gasteiger partial charge in [-0.3, -0.25) is 4.98 Å². The van der Waals surface area contributed by atoms with Gasteiger partial charge in [0.2, 0.25) is 0 Å². The first-order chi connectivity index (χ1) is 8.93. The molecule has 3 nitrogen and oxygen atoms in total. The zero-order valence-electron chi connectivity index (χ0n) is 10.2. The number of nitrogens with one attached hydrogen (secondary N) is 1. The Bertz CT molecular complexity index is 513. The van der Waals surface area contributed by atoms with Crippen LogP contribution in [-0.2, 0) is 6.54 Å². The maximum atomic E-state index is 5.66. The van der Waals surface area contributed by atoms with E-state index in [1.165, 1.54) is 11.1 Å². The van der Waals surface area contributed by atoms with Crippen LogP contribution in [0.25, 0.3) is 0 Å². The molecule has 2 heterocycles. The molecule has 3 rings (SSSR count). The second kappa shape index (κ2) is 5.19. The maximum absolute atomic E-state index is 5.66. The van der Waals surface area contributed by atoms with E-state index in [0.717, 1.165) is 25.4 Å². The number of hydrogen-bond acceptors (Lipinski definition) is 3. The van der Waals surface area contributed by atoms with Crippen molar-refractivity contribution in [2.45, 2.75) is 12.5 Å². The molecule has 0 fully saturated rings. The van der Waals surface area contributed by atoms with Gasteiger partial charge in [-0.2, -0.15) is 0 Å². The summed E-state index contributed by atoms with van der Waals surface area (Å²) in [4.78, 5) is 4.01. The number of fused-ring (bicyclic) bond motifs is 1. The van der Waals surface area contributed by atoms with Gasteiger partial charge in [-0.05, 0) is 23.8 Å². The molecule has 0 spiro atoms. The van der Waals surface area contributed by atoms with E-state index in [1.54, 1.807) is 0 Å². The summed E-state index contributed by atoms with van der Waals surface area (Å²) in [6.45, 7) is 2.60. The third-order valence-electron chi connectivity index (χ3n) is 3.27. The molecule has 0 amide bonds. The Morgan fingerprint density at radius 1 is 1.17 bits per heavy atom. The second-order valence-corrected chi connectivity index (χ2v) is 4.53. The summed E-state index contributed by atoms with van der Waals surface area (Å²) in [7, 11) is 0. The van der Waals surface area contributed by atoms with Crippen LogP contribution in [0.5, 0.6) is 5.75 Å². The van der Waals surface area contributed by atoms with E-state index in [2.05, 4.69) is 22.4 Å². The predicted octanol–water partition coefficient (Wildman–Crippen LogP) is 2.35. The van der Waals surface area contributed by atoms with Crippen molar-refractivity contribution in [3.05, 3.63) is 59.9 Å².